The van der Waals surface area contributed by atoms with Crippen molar-refractivity contribution < 1.29 is 28.3 Å². The molecule has 1 aliphatic heterocycles. The number of anilines is 1. The molecule has 1 saturated heterocycles. The lowest BCUT2D eigenvalue weighted by molar-refractivity contribution is -0.160. The molecule has 2 amide bonds. The molecule has 29 heavy (non-hydrogen) atoms. The Hall–Kier alpha value is -2.94. The van der Waals surface area contributed by atoms with Crippen molar-refractivity contribution in [2.24, 2.45) is 0 Å². The molecule has 1 aromatic carbocycles. The lowest BCUT2D eigenvalue weighted by Crippen LogP contribution is -2.44. The molecule has 8 nitrogen and oxygen atoms in total. The third-order valence-electron chi connectivity index (χ3n) is 4.42. The van der Waals surface area contributed by atoms with E-state index in [1.54, 1.807) is 36.4 Å². The predicted octanol–water partition coefficient (Wildman–Crippen LogP) is 2.82. The summed E-state index contributed by atoms with van der Waals surface area (Å²) in [6.45, 7) is 2.87. The van der Waals surface area contributed by atoms with Crippen LogP contribution in [0.25, 0.3) is 0 Å². The van der Waals surface area contributed by atoms with Crippen LogP contribution >= 0.6 is 11.8 Å². The number of nitrogens with one attached hydrogen (secondary N) is 1. The molecule has 3 rings (SSSR count). The minimum Gasteiger partial charge on any atom is -0.497 e. The summed E-state index contributed by atoms with van der Waals surface area (Å²) in [5.74, 6) is 0.158. The molecule has 1 fully saturated rings. The first-order valence-corrected chi connectivity index (χ1v) is 10.0. The Morgan fingerprint density at radius 2 is 2.07 bits per heavy atom. The van der Waals surface area contributed by atoms with Gasteiger partial charge in [0.05, 0.1) is 13.4 Å². The van der Waals surface area contributed by atoms with Crippen LogP contribution in [0.2, 0.25) is 0 Å². The zero-order valence-electron chi connectivity index (χ0n) is 16.3. The largest absolute Gasteiger partial charge is 0.497 e. The molecule has 9 heteroatoms. The molecule has 0 aliphatic carbocycles. The summed E-state index contributed by atoms with van der Waals surface area (Å²) in [7, 11) is 1.53. The molecular weight excluding hydrogens is 396 g/mol. The molecule has 154 valence electrons. The maximum absolute atomic E-state index is 12.7. The highest BCUT2D eigenvalue weighted by atomic mass is 32.2. The number of nitrogens with zero attached hydrogens (tertiary/aromatic N) is 1. The molecule has 0 spiro atoms. The van der Waals surface area contributed by atoms with Gasteiger partial charge in [0.15, 0.2) is 6.10 Å². The van der Waals surface area contributed by atoms with E-state index in [4.69, 9.17) is 13.9 Å². The van der Waals surface area contributed by atoms with Crippen LogP contribution in [0.15, 0.2) is 47.1 Å². The van der Waals surface area contributed by atoms with Crippen molar-refractivity contribution in [1.29, 1.82) is 0 Å². The highest BCUT2D eigenvalue weighted by molar-refractivity contribution is 7.99. The molecule has 0 radical (unpaired) electrons. The molecule has 0 bridgehead atoms. The van der Waals surface area contributed by atoms with Crippen LogP contribution in [0.4, 0.5) is 5.69 Å². The monoisotopic (exact) mass is 418 g/mol. The molecule has 2 aromatic rings. The molecule has 1 N–H and O–H groups in total. The third-order valence-corrected chi connectivity index (χ3v) is 5.71. The highest BCUT2D eigenvalue weighted by Gasteiger charge is 2.43. The summed E-state index contributed by atoms with van der Waals surface area (Å²) in [6.07, 6.45) is 0.486. The Kier molecular flexibility index (Phi) is 6.48. The molecule has 3 atom stereocenters. The second kappa shape index (κ2) is 9.04. The second-order valence-electron chi connectivity index (χ2n) is 6.44. The lowest BCUT2D eigenvalue weighted by Gasteiger charge is -2.26. The summed E-state index contributed by atoms with van der Waals surface area (Å²) in [6, 6.07) is 9.54. The highest BCUT2D eigenvalue weighted by Crippen LogP contribution is 2.41. The van der Waals surface area contributed by atoms with Gasteiger partial charge in [0, 0.05) is 24.4 Å². The number of esters is 1. The Morgan fingerprint density at radius 3 is 2.72 bits per heavy atom. The van der Waals surface area contributed by atoms with E-state index < -0.39 is 29.4 Å². The van der Waals surface area contributed by atoms with Gasteiger partial charge in [-0.05, 0) is 31.2 Å². The number of hydrogen-bond donors (Lipinski definition) is 1. The van der Waals surface area contributed by atoms with E-state index in [1.807, 2.05) is 0 Å². The first-order valence-electron chi connectivity index (χ1n) is 9.00. The van der Waals surface area contributed by atoms with Crippen molar-refractivity contribution in [3.8, 4) is 5.75 Å². The van der Waals surface area contributed by atoms with Crippen LogP contribution in [-0.2, 0) is 19.1 Å². The summed E-state index contributed by atoms with van der Waals surface area (Å²) >= 11 is 1.41. The maximum Gasteiger partial charge on any atom is 0.330 e. The van der Waals surface area contributed by atoms with E-state index in [0.717, 1.165) is 0 Å². The molecule has 1 aliphatic rings. The number of methoxy groups -OCH3 is 1. The zero-order chi connectivity index (χ0) is 21.0. The van der Waals surface area contributed by atoms with Gasteiger partial charge in [-0.2, -0.15) is 0 Å². The van der Waals surface area contributed by atoms with E-state index in [0.29, 0.717) is 22.9 Å². The smallest absolute Gasteiger partial charge is 0.330 e. The van der Waals surface area contributed by atoms with Gasteiger partial charge in [0.25, 0.3) is 5.91 Å². The maximum atomic E-state index is 12.7. The van der Waals surface area contributed by atoms with Gasteiger partial charge >= 0.3 is 5.97 Å². The number of furan rings is 1. The van der Waals surface area contributed by atoms with Crippen molar-refractivity contribution in [3.05, 3.63) is 48.4 Å². The number of benzene rings is 1. The fraction of sp³-hybridized carbons (Fsp3) is 0.350. The van der Waals surface area contributed by atoms with E-state index in [-0.39, 0.29) is 5.91 Å². The van der Waals surface area contributed by atoms with Crippen molar-refractivity contribution in [3.63, 3.8) is 0 Å². The van der Waals surface area contributed by atoms with E-state index in [9.17, 15) is 14.4 Å². The average molecular weight is 418 g/mol. The van der Waals surface area contributed by atoms with Crippen molar-refractivity contribution >= 4 is 35.2 Å². The number of ether oxygens (including phenoxy) is 2. The first kappa shape index (κ1) is 20.8. The van der Waals surface area contributed by atoms with E-state index in [2.05, 4.69) is 5.32 Å². The van der Waals surface area contributed by atoms with Gasteiger partial charge in [0.2, 0.25) is 5.91 Å². The predicted molar refractivity (Wildman–Crippen MR) is 107 cm³/mol. The lowest BCUT2D eigenvalue weighted by atomic mass is 10.2. The number of thioether (sulfide) groups is 1. The molecule has 2 heterocycles. The van der Waals surface area contributed by atoms with Gasteiger partial charge in [0.1, 0.15) is 22.9 Å². The zero-order valence-corrected chi connectivity index (χ0v) is 17.1. The fourth-order valence-electron chi connectivity index (χ4n) is 2.97. The molecule has 0 saturated carbocycles. The number of hydrogen-bond acceptors (Lipinski definition) is 7. The quantitative estimate of drug-likeness (QED) is 0.720. The first-order chi connectivity index (χ1) is 13.9. The fourth-order valence-corrected chi connectivity index (χ4v) is 4.39. The number of amides is 2. The number of rotatable bonds is 6. The van der Waals surface area contributed by atoms with Gasteiger partial charge < -0.3 is 24.1 Å². The SMILES string of the molecule is COc1cccc(NC(=O)[C@H](C)OC(=O)[C@@H]2CS[C@H](c3ccco3)N2C(C)=O)c1. The Bertz CT molecular complexity index is 885. The normalized spacial score (nSPS) is 19.5. The van der Waals surface area contributed by atoms with Crippen LogP contribution in [0.1, 0.15) is 25.0 Å². The minimum atomic E-state index is -1.03. The Morgan fingerprint density at radius 1 is 1.28 bits per heavy atom. The number of carbonyl (C=O) groups excluding carboxylic acids is 3. The molecule has 0 unspecified atom stereocenters. The Labute approximate surface area is 172 Å². The van der Waals surface area contributed by atoms with Crippen LogP contribution in [0.5, 0.6) is 5.75 Å². The van der Waals surface area contributed by atoms with Crippen molar-refractivity contribution in [1.82, 2.24) is 4.90 Å². The summed E-state index contributed by atoms with van der Waals surface area (Å²) < 4.78 is 15.9. The average Bonchev–Trinajstić information content (AvgIpc) is 3.37. The summed E-state index contributed by atoms with van der Waals surface area (Å²) in [5.41, 5.74) is 0.525. The van der Waals surface area contributed by atoms with E-state index in [1.165, 1.54) is 43.9 Å². The van der Waals surface area contributed by atoms with Crippen molar-refractivity contribution in [2.75, 3.05) is 18.2 Å². The minimum absolute atomic E-state index is 0.271. The second-order valence-corrected chi connectivity index (χ2v) is 7.56. The van der Waals surface area contributed by atoms with Gasteiger partial charge in [-0.25, -0.2) is 4.79 Å². The molecule has 1 aromatic heterocycles. The number of carbonyl (C=O) groups is 3. The van der Waals surface area contributed by atoms with Crippen LogP contribution in [0, 0.1) is 0 Å². The van der Waals surface area contributed by atoms with Crippen LogP contribution in [-0.4, -0.2) is 47.7 Å². The summed E-state index contributed by atoms with van der Waals surface area (Å²) in [4.78, 5) is 38.7. The standard InChI is InChI=1S/C20H22N2O6S/c1-12(18(24)21-14-6-4-7-15(10-14)26-3)28-20(25)16-11-29-19(22(16)13(2)23)17-8-5-9-27-17/h4-10,12,16,19H,11H2,1-3H3,(H,21,24)/t12-,16-,19+/m0/s1. The molecular formula is C20H22N2O6S. The third kappa shape index (κ3) is 4.73. The van der Waals surface area contributed by atoms with Gasteiger partial charge in [-0.3, -0.25) is 9.59 Å². The van der Waals surface area contributed by atoms with Crippen LogP contribution in [0.3, 0.4) is 0 Å². The van der Waals surface area contributed by atoms with E-state index >= 15 is 0 Å². The van der Waals surface area contributed by atoms with Gasteiger partial charge in [-0.15, -0.1) is 11.8 Å². The van der Waals surface area contributed by atoms with Crippen LogP contribution < -0.4 is 10.1 Å². The van der Waals surface area contributed by atoms with Gasteiger partial charge in [-0.1, -0.05) is 6.07 Å². The Balaban J connectivity index is 1.63. The topological polar surface area (TPSA) is 98.1 Å². The van der Waals surface area contributed by atoms with Crippen molar-refractivity contribution in [2.45, 2.75) is 31.4 Å². The summed E-state index contributed by atoms with van der Waals surface area (Å²) in [5, 5.41) is 2.28.